The highest BCUT2D eigenvalue weighted by molar-refractivity contribution is 5.69. The fraction of sp³-hybridized carbons (Fsp3) is 0.933. The van der Waals surface area contributed by atoms with Gasteiger partial charge in [-0.05, 0) is 51.4 Å². The Morgan fingerprint density at radius 2 is 1.74 bits per heavy atom. The largest absolute Gasteiger partial charge is 0.444 e. The molecule has 19 heavy (non-hydrogen) atoms. The maximum atomic E-state index is 11.4. The first-order valence-corrected chi connectivity index (χ1v) is 7.21. The van der Waals surface area contributed by atoms with Crippen molar-refractivity contribution in [1.29, 1.82) is 0 Å². The zero-order valence-corrected chi connectivity index (χ0v) is 13.1. The van der Waals surface area contributed by atoms with E-state index in [2.05, 4.69) is 19.2 Å². The molecule has 1 amide bonds. The molecule has 0 heterocycles. The second-order valence-corrected chi connectivity index (χ2v) is 7.24. The molecule has 2 rings (SSSR count). The molecule has 4 nitrogen and oxygen atoms in total. The lowest BCUT2D eigenvalue weighted by Gasteiger charge is -2.22. The fourth-order valence-corrected chi connectivity index (χ4v) is 1.94. The number of aliphatic hydroxyl groups excluding tert-OH is 1. The molecule has 2 N–H and O–H groups in total. The number of carbonyl (C=O) groups is 1. The number of ether oxygens (including phenoxy) is 1. The first kappa shape index (κ1) is 16.3. The van der Waals surface area contributed by atoms with Crippen molar-refractivity contribution in [2.24, 2.45) is 17.8 Å². The van der Waals surface area contributed by atoms with Crippen molar-refractivity contribution in [2.45, 2.75) is 65.5 Å². The summed E-state index contributed by atoms with van der Waals surface area (Å²) in [4.78, 5) is 11.4. The van der Waals surface area contributed by atoms with E-state index in [4.69, 9.17) is 9.84 Å². The zero-order valence-electron chi connectivity index (χ0n) is 13.1. The zero-order chi connectivity index (χ0) is 14.8. The normalized spacial score (nSPS) is 35.8. The van der Waals surface area contributed by atoms with E-state index in [1.807, 2.05) is 27.7 Å². The van der Waals surface area contributed by atoms with Crippen molar-refractivity contribution >= 4 is 6.09 Å². The number of aliphatic hydroxyl groups is 1. The first-order chi connectivity index (χ1) is 8.59. The van der Waals surface area contributed by atoms with Crippen LogP contribution in [0.15, 0.2) is 0 Å². The van der Waals surface area contributed by atoms with E-state index in [9.17, 15) is 4.79 Å². The Kier molecular flexibility index (Phi) is 4.88. The summed E-state index contributed by atoms with van der Waals surface area (Å²) in [7, 11) is 0. The maximum absolute atomic E-state index is 11.4. The van der Waals surface area contributed by atoms with Crippen molar-refractivity contribution in [3.8, 4) is 0 Å². The summed E-state index contributed by atoms with van der Waals surface area (Å²) >= 11 is 0. The molecule has 0 saturated heterocycles. The third kappa shape index (κ3) is 5.39. The lowest BCUT2D eigenvalue weighted by Crippen LogP contribution is -2.43. The molecule has 0 spiro atoms. The van der Waals surface area contributed by atoms with Crippen LogP contribution in [0.2, 0.25) is 0 Å². The van der Waals surface area contributed by atoms with Crippen LogP contribution in [0, 0.1) is 17.8 Å². The molecular formula is C15H29NO3. The molecular weight excluding hydrogens is 242 g/mol. The Morgan fingerprint density at radius 1 is 1.32 bits per heavy atom. The SMILES string of the molecule is CC1CC1(CO)NC(=O)OC(C)(C)C.CC1CC1C. The number of carbonyl (C=O) groups excluding carboxylic acids is 1. The smallest absolute Gasteiger partial charge is 0.408 e. The maximum Gasteiger partial charge on any atom is 0.408 e. The van der Waals surface area contributed by atoms with Gasteiger partial charge in [-0.2, -0.15) is 0 Å². The molecule has 2 saturated carbocycles. The third-order valence-corrected chi connectivity index (χ3v) is 4.00. The predicted octanol–water partition coefficient (Wildman–Crippen LogP) is 2.94. The molecule has 0 aromatic carbocycles. The second-order valence-electron chi connectivity index (χ2n) is 7.24. The highest BCUT2D eigenvalue weighted by atomic mass is 16.6. The van der Waals surface area contributed by atoms with Crippen LogP contribution in [-0.4, -0.2) is 28.9 Å². The van der Waals surface area contributed by atoms with Crippen LogP contribution >= 0.6 is 0 Å². The van der Waals surface area contributed by atoms with Gasteiger partial charge in [-0.25, -0.2) is 4.79 Å². The summed E-state index contributed by atoms with van der Waals surface area (Å²) in [6.07, 6.45) is 1.85. The second kappa shape index (κ2) is 5.70. The van der Waals surface area contributed by atoms with E-state index in [-0.39, 0.29) is 6.61 Å². The lowest BCUT2D eigenvalue weighted by atomic mass is 10.2. The van der Waals surface area contributed by atoms with Gasteiger partial charge in [0.15, 0.2) is 0 Å². The van der Waals surface area contributed by atoms with Crippen LogP contribution in [0.5, 0.6) is 0 Å². The van der Waals surface area contributed by atoms with Crippen LogP contribution in [0.3, 0.4) is 0 Å². The van der Waals surface area contributed by atoms with Crippen LogP contribution in [0.25, 0.3) is 0 Å². The molecule has 2 fully saturated rings. The lowest BCUT2D eigenvalue weighted by molar-refractivity contribution is 0.0463. The Labute approximate surface area is 116 Å². The summed E-state index contributed by atoms with van der Waals surface area (Å²) in [6, 6.07) is 0. The third-order valence-electron chi connectivity index (χ3n) is 4.00. The fourth-order valence-electron chi connectivity index (χ4n) is 1.94. The van der Waals surface area contributed by atoms with Crippen LogP contribution in [-0.2, 0) is 4.74 Å². The Bertz CT molecular complexity index is 314. The summed E-state index contributed by atoms with van der Waals surface area (Å²) in [5.74, 6) is 2.44. The van der Waals surface area contributed by atoms with E-state index in [1.165, 1.54) is 6.42 Å². The Balaban J connectivity index is 0.000000300. The van der Waals surface area contributed by atoms with Gasteiger partial charge in [0.05, 0.1) is 12.1 Å². The highest BCUT2D eigenvalue weighted by Crippen LogP contribution is 2.42. The van der Waals surface area contributed by atoms with Gasteiger partial charge in [0.25, 0.3) is 0 Å². The number of alkyl carbamates (subject to hydrolysis) is 1. The quantitative estimate of drug-likeness (QED) is 0.812. The van der Waals surface area contributed by atoms with Crippen LogP contribution in [0.4, 0.5) is 4.79 Å². The number of amides is 1. The molecule has 4 heteroatoms. The number of nitrogens with one attached hydrogen (secondary N) is 1. The minimum Gasteiger partial charge on any atom is -0.444 e. The monoisotopic (exact) mass is 271 g/mol. The van der Waals surface area contributed by atoms with Crippen LogP contribution < -0.4 is 5.32 Å². The number of hydrogen-bond acceptors (Lipinski definition) is 3. The summed E-state index contributed by atoms with van der Waals surface area (Å²) in [5.41, 5.74) is -0.915. The minimum absolute atomic E-state index is 0.0204. The first-order valence-electron chi connectivity index (χ1n) is 7.21. The van der Waals surface area contributed by atoms with Gasteiger partial charge in [0.2, 0.25) is 0 Å². The molecule has 0 aromatic rings. The van der Waals surface area contributed by atoms with Gasteiger partial charge in [-0.1, -0.05) is 20.8 Å². The standard InChI is InChI=1S/C10H19NO3.C5H10/c1-7-5-10(7,6-12)11-8(13)14-9(2,3)4;1-4-3-5(4)2/h7,12H,5-6H2,1-4H3,(H,11,13);4-5H,3H2,1-2H3. The van der Waals surface area contributed by atoms with Gasteiger partial charge >= 0.3 is 6.09 Å². The van der Waals surface area contributed by atoms with E-state index in [0.29, 0.717) is 5.92 Å². The molecule has 4 atom stereocenters. The Hall–Kier alpha value is -0.770. The molecule has 2 aliphatic carbocycles. The van der Waals surface area contributed by atoms with Gasteiger partial charge in [-0.3, -0.25) is 0 Å². The van der Waals surface area contributed by atoms with E-state index >= 15 is 0 Å². The molecule has 112 valence electrons. The van der Waals surface area contributed by atoms with Gasteiger partial charge in [0, 0.05) is 0 Å². The highest BCUT2D eigenvalue weighted by Gasteiger charge is 2.52. The van der Waals surface area contributed by atoms with Crippen molar-refractivity contribution in [3.63, 3.8) is 0 Å². The van der Waals surface area contributed by atoms with Crippen molar-refractivity contribution in [1.82, 2.24) is 5.32 Å². The molecule has 0 bridgehead atoms. The molecule has 4 unspecified atom stereocenters. The number of rotatable bonds is 2. The van der Waals surface area contributed by atoms with E-state index in [0.717, 1.165) is 18.3 Å². The average molecular weight is 271 g/mol. The van der Waals surface area contributed by atoms with Gasteiger partial charge < -0.3 is 15.2 Å². The van der Waals surface area contributed by atoms with Crippen molar-refractivity contribution in [3.05, 3.63) is 0 Å². The summed E-state index contributed by atoms with van der Waals surface area (Å²) < 4.78 is 5.10. The van der Waals surface area contributed by atoms with Crippen molar-refractivity contribution < 1.29 is 14.6 Å². The number of hydrogen-bond donors (Lipinski definition) is 2. The van der Waals surface area contributed by atoms with Crippen LogP contribution in [0.1, 0.15) is 54.4 Å². The summed E-state index contributed by atoms with van der Waals surface area (Å²) in [6.45, 7) is 12.0. The van der Waals surface area contributed by atoms with E-state index in [1.54, 1.807) is 0 Å². The topological polar surface area (TPSA) is 58.6 Å². The van der Waals surface area contributed by atoms with E-state index < -0.39 is 17.2 Å². The van der Waals surface area contributed by atoms with Gasteiger partial charge in [0.1, 0.15) is 5.60 Å². The predicted molar refractivity (Wildman–Crippen MR) is 75.9 cm³/mol. The van der Waals surface area contributed by atoms with Crippen molar-refractivity contribution in [2.75, 3.05) is 6.61 Å². The minimum atomic E-state index is -0.487. The van der Waals surface area contributed by atoms with Gasteiger partial charge in [-0.15, -0.1) is 0 Å². The molecule has 0 aliphatic heterocycles. The molecule has 2 aliphatic rings. The Morgan fingerprint density at radius 3 is 1.95 bits per heavy atom. The molecule has 0 aromatic heterocycles. The average Bonchev–Trinajstić information content (AvgIpc) is 3.06. The molecule has 0 radical (unpaired) electrons. The summed E-state index contributed by atoms with van der Waals surface area (Å²) in [5, 5.41) is 11.8.